The summed E-state index contributed by atoms with van der Waals surface area (Å²) >= 11 is 0. The monoisotopic (exact) mass is 527 g/mol. The molecule has 0 unspecified atom stereocenters. The Morgan fingerprint density at radius 1 is 0.889 bits per heavy atom. The second-order valence-electron chi connectivity index (χ2n) is 8.87. The number of benzene rings is 3. The standard InChI is InChI=1S/C26H29N3O5S2/c1-4-26(30)27-22-9-12-25(19(3)15-22)35(31,32)28-23-8-7-20-13-14-29(17-21(20)16-23)36(33,34)24-10-5-18(2)6-11-24/h5-12,15-16,28H,4,13-14,17H2,1-3H3,(H,27,30). The minimum absolute atomic E-state index is 0.0956. The van der Waals surface area contributed by atoms with Gasteiger partial charge in [0.2, 0.25) is 15.9 Å². The van der Waals surface area contributed by atoms with Crippen LogP contribution in [0.3, 0.4) is 0 Å². The lowest BCUT2D eigenvalue weighted by Crippen LogP contribution is -2.36. The Bertz CT molecular complexity index is 1520. The molecule has 3 aromatic carbocycles. The van der Waals surface area contributed by atoms with E-state index >= 15 is 0 Å². The third-order valence-corrected chi connectivity index (χ3v) is 9.56. The lowest BCUT2D eigenvalue weighted by atomic mass is 10.0. The van der Waals surface area contributed by atoms with Crippen molar-refractivity contribution in [1.82, 2.24) is 4.31 Å². The lowest BCUT2D eigenvalue weighted by Gasteiger charge is -2.28. The fourth-order valence-corrected chi connectivity index (χ4v) is 6.84. The summed E-state index contributed by atoms with van der Waals surface area (Å²) in [6, 6.07) is 16.6. The number of hydrogen-bond acceptors (Lipinski definition) is 5. The number of rotatable bonds is 7. The van der Waals surface area contributed by atoms with Gasteiger partial charge in [0.1, 0.15) is 0 Å². The summed E-state index contributed by atoms with van der Waals surface area (Å²) in [7, 11) is -7.57. The zero-order valence-corrected chi connectivity index (χ0v) is 22.0. The first-order valence-corrected chi connectivity index (χ1v) is 14.5. The summed E-state index contributed by atoms with van der Waals surface area (Å²) in [4.78, 5) is 12.0. The van der Waals surface area contributed by atoms with Crippen LogP contribution in [0.5, 0.6) is 0 Å². The zero-order valence-electron chi connectivity index (χ0n) is 20.4. The van der Waals surface area contributed by atoms with E-state index in [2.05, 4.69) is 10.0 Å². The highest BCUT2D eigenvalue weighted by Crippen LogP contribution is 2.29. The molecule has 1 aliphatic heterocycles. The Hall–Kier alpha value is -3.21. The first-order chi connectivity index (χ1) is 17.0. The number of carbonyl (C=O) groups is 1. The number of anilines is 2. The number of carbonyl (C=O) groups excluding carboxylic acids is 1. The van der Waals surface area contributed by atoms with Crippen molar-refractivity contribution in [3.8, 4) is 0 Å². The van der Waals surface area contributed by atoms with Gasteiger partial charge in [0, 0.05) is 30.9 Å². The molecule has 0 bridgehead atoms. The fourth-order valence-electron chi connectivity index (χ4n) is 4.15. The van der Waals surface area contributed by atoms with Crippen LogP contribution in [0, 0.1) is 13.8 Å². The number of aryl methyl sites for hydroxylation is 2. The van der Waals surface area contributed by atoms with Crippen LogP contribution in [0.2, 0.25) is 0 Å². The maximum Gasteiger partial charge on any atom is 0.262 e. The SMILES string of the molecule is CCC(=O)Nc1ccc(S(=O)(=O)Nc2ccc3c(c2)CN(S(=O)(=O)c2ccc(C)cc2)CC3)c(C)c1. The predicted molar refractivity (Wildman–Crippen MR) is 140 cm³/mol. The van der Waals surface area contributed by atoms with Crippen LogP contribution in [-0.4, -0.2) is 33.6 Å². The van der Waals surface area contributed by atoms with Crippen molar-refractivity contribution < 1.29 is 21.6 Å². The van der Waals surface area contributed by atoms with Gasteiger partial charge in [-0.2, -0.15) is 4.31 Å². The van der Waals surface area contributed by atoms with E-state index < -0.39 is 20.0 Å². The maximum absolute atomic E-state index is 13.1. The van der Waals surface area contributed by atoms with E-state index in [-0.39, 0.29) is 22.2 Å². The van der Waals surface area contributed by atoms with Gasteiger partial charge in [-0.15, -0.1) is 0 Å². The van der Waals surface area contributed by atoms with Crippen molar-refractivity contribution in [2.24, 2.45) is 0 Å². The van der Waals surface area contributed by atoms with E-state index in [0.717, 1.165) is 16.7 Å². The summed E-state index contributed by atoms with van der Waals surface area (Å²) in [5, 5.41) is 2.72. The van der Waals surface area contributed by atoms with Gasteiger partial charge in [0.15, 0.2) is 0 Å². The summed E-state index contributed by atoms with van der Waals surface area (Å²) < 4.78 is 56.5. The van der Waals surface area contributed by atoms with Gasteiger partial charge in [-0.3, -0.25) is 9.52 Å². The molecular formula is C26H29N3O5S2. The molecule has 0 fully saturated rings. The minimum atomic E-state index is -3.90. The van der Waals surface area contributed by atoms with E-state index in [1.165, 1.54) is 10.4 Å². The van der Waals surface area contributed by atoms with Crippen LogP contribution < -0.4 is 10.0 Å². The van der Waals surface area contributed by atoms with Crippen LogP contribution in [0.25, 0.3) is 0 Å². The summed E-state index contributed by atoms with van der Waals surface area (Å²) in [5.41, 5.74) is 4.09. The summed E-state index contributed by atoms with van der Waals surface area (Å²) in [6.07, 6.45) is 0.861. The quantitative estimate of drug-likeness (QED) is 0.478. The molecule has 10 heteroatoms. The highest BCUT2D eigenvalue weighted by Gasteiger charge is 2.29. The second-order valence-corrected chi connectivity index (χ2v) is 12.5. The van der Waals surface area contributed by atoms with E-state index in [4.69, 9.17) is 0 Å². The smallest absolute Gasteiger partial charge is 0.262 e. The molecule has 190 valence electrons. The van der Waals surface area contributed by atoms with Gasteiger partial charge in [-0.1, -0.05) is 30.7 Å². The molecule has 0 spiro atoms. The van der Waals surface area contributed by atoms with Crippen molar-refractivity contribution in [3.63, 3.8) is 0 Å². The summed E-state index contributed by atoms with van der Waals surface area (Å²) in [5.74, 6) is -0.157. The van der Waals surface area contributed by atoms with Crippen molar-refractivity contribution >= 4 is 37.3 Å². The number of nitrogens with zero attached hydrogens (tertiary/aromatic N) is 1. The molecule has 0 aliphatic carbocycles. The van der Waals surface area contributed by atoms with E-state index in [1.807, 2.05) is 13.0 Å². The van der Waals surface area contributed by atoms with Crippen molar-refractivity contribution in [1.29, 1.82) is 0 Å². The van der Waals surface area contributed by atoms with E-state index in [1.54, 1.807) is 62.4 Å². The average Bonchev–Trinajstić information content (AvgIpc) is 2.83. The second kappa shape index (κ2) is 10.0. The Morgan fingerprint density at radius 3 is 2.25 bits per heavy atom. The van der Waals surface area contributed by atoms with Crippen LogP contribution >= 0.6 is 0 Å². The zero-order chi connectivity index (χ0) is 26.1. The van der Waals surface area contributed by atoms with E-state index in [9.17, 15) is 21.6 Å². The summed E-state index contributed by atoms with van der Waals surface area (Å²) in [6.45, 7) is 5.81. The number of fused-ring (bicyclic) bond motifs is 1. The molecular weight excluding hydrogens is 498 g/mol. The van der Waals surface area contributed by atoms with Crippen LogP contribution in [-0.2, 0) is 37.8 Å². The number of amides is 1. The minimum Gasteiger partial charge on any atom is -0.326 e. The first kappa shape index (κ1) is 25.9. The molecule has 3 aromatic rings. The van der Waals surface area contributed by atoms with Crippen LogP contribution in [0.15, 0.2) is 70.5 Å². The van der Waals surface area contributed by atoms with Gasteiger partial charge >= 0.3 is 0 Å². The molecule has 1 heterocycles. The van der Waals surface area contributed by atoms with Gasteiger partial charge in [0.05, 0.1) is 9.79 Å². The Balaban J connectivity index is 1.55. The number of nitrogens with one attached hydrogen (secondary N) is 2. The highest BCUT2D eigenvalue weighted by atomic mass is 32.2. The Morgan fingerprint density at radius 2 is 1.58 bits per heavy atom. The van der Waals surface area contributed by atoms with E-state index in [0.29, 0.717) is 36.3 Å². The van der Waals surface area contributed by atoms with Crippen molar-refractivity contribution in [2.75, 3.05) is 16.6 Å². The molecule has 0 saturated heterocycles. The molecule has 0 radical (unpaired) electrons. The molecule has 2 N–H and O–H groups in total. The molecule has 8 nitrogen and oxygen atoms in total. The molecule has 36 heavy (non-hydrogen) atoms. The molecule has 4 rings (SSSR count). The molecule has 1 aliphatic rings. The molecule has 0 saturated carbocycles. The van der Waals surface area contributed by atoms with Crippen molar-refractivity contribution in [2.45, 2.75) is 49.9 Å². The largest absolute Gasteiger partial charge is 0.326 e. The molecule has 0 aromatic heterocycles. The lowest BCUT2D eigenvalue weighted by molar-refractivity contribution is -0.115. The van der Waals surface area contributed by atoms with Gasteiger partial charge in [-0.05, 0) is 79.4 Å². The molecule has 0 atom stereocenters. The predicted octanol–water partition coefficient (Wildman–Crippen LogP) is 4.20. The topological polar surface area (TPSA) is 113 Å². The fraction of sp³-hybridized carbons (Fsp3) is 0.269. The number of hydrogen-bond donors (Lipinski definition) is 2. The van der Waals surface area contributed by atoms with Crippen molar-refractivity contribution in [3.05, 3.63) is 82.9 Å². The maximum atomic E-state index is 13.1. The highest BCUT2D eigenvalue weighted by molar-refractivity contribution is 7.92. The normalized spacial score (nSPS) is 14.2. The van der Waals surface area contributed by atoms with Crippen LogP contribution in [0.4, 0.5) is 11.4 Å². The molecule has 1 amide bonds. The third kappa shape index (κ3) is 5.45. The number of sulfonamides is 2. The Kier molecular flexibility index (Phi) is 7.21. The van der Waals surface area contributed by atoms with Gasteiger partial charge in [-0.25, -0.2) is 16.8 Å². The first-order valence-electron chi connectivity index (χ1n) is 11.6. The Labute approximate surface area is 212 Å². The average molecular weight is 528 g/mol. The van der Waals surface area contributed by atoms with Gasteiger partial charge < -0.3 is 5.32 Å². The van der Waals surface area contributed by atoms with Crippen LogP contribution in [0.1, 0.15) is 35.6 Å². The van der Waals surface area contributed by atoms with Gasteiger partial charge in [0.25, 0.3) is 10.0 Å². The third-order valence-electron chi connectivity index (χ3n) is 6.16.